The molecule has 0 radical (unpaired) electrons. The SMILES string of the molecule is CCC(C)(O)CNC(=O)CCc1ccc(Cl)cc1Cl. The number of rotatable bonds is 6. The van der Waals surface area contributed by atoms with Crippen LogP contribution in [0.2, 0.25) is 10.0 Å². The van der Waals surface area contributed by atoms with Crippen LogP contribution in [0.15, 0.2) is 18.2 Å². The van der Waals surface area contributed by atoms with E-state index in [0.29, 0.717) is 29.3 Å². The van der Waals surface area contributed by atoms with Crippen LogP contribution in [0.3, 0.4) is 0 Å². The molecule has 1 unspecified atom stereocenters. The lowest BCUT2D eigenvalue weighted by Crippen LogP contribution is -2.40. The average molecular weight is 304 g/mol. The molecule has 106 valence electrons. The number of benzene rings is 1. The molecule has 0 fully saturated rings. The predicted octanol–water partition coefficient (Wildman–Crippen LogP) is 3.20. The molecule has 1 atom stereocenters. The summed E-state index contributed by atoms with van der Waals surface area (Å²) in [5.41, 5.74) is 0.0385. The highest BCUT2D eigenvalue weighted by Crippen LogP contribution is 2.22. The lowest BCUT2D eigenvalue weighted by Gasteiger charge is -2.21. The Bertz CT molecular complexity index is 447. The van der Waals surface area contributed by atoms with Gasteiger partial charge in [0.25, 0.3) is 0 Å². The number of amides is 1. The molecule has 0 saturated carbocycles. The minimum Gasteiger partial charge on any atom is -0.388 e. The van der Waals surface area contributed by atoms with E-state index < -0.39 is 5.60 Å². The summed E-state index contributed by atoms with van der Waals surface area (Å²) in [5, 5.41) is 13.6. The van der Waals surface area contributed by atoms with Gasteiger partial charge in [-0.3, -0.25) is 4.79 Å². The molecule has 1 aromatic carbocycles. The zero-order valence-corrected chi connectivity index (χ0v) is 12.7. The highest BCUT2D eigenvalue weighted by Gasteiger charge is 2.18. The van der Waals surface area contributed by atoms with Gasteiger partial charge < -0.3 is 10.4 Å². The van der Waals surface area contributed by atoms with Gasteiger partial charge in [0.15, 0.2) is 0 Å². The first-order valence-electron chi connectivity index (χ1n) is 6.27. The fourth-order valence-corrected chi connectivity index (χ4v) is 1.98. The fourth-order valence-electron chi connectivity index (χ4n) is 1.48. The first-order valence-corrected chi connectivity index (χ1v) is 7.02. The summed E-state index contributed by atoms with van der Waals surface area (Å²) in [6.07, 6.45) is 1.48. The van der Waals surface area contributed by atoms with Crippen LogP contribution in [0.5, 0.6) is 0 Å². The van der Waals surface area contributed by atoms with Crippen molar-refractivity contribution >= 4 is 29.1 Å². The summed E-state index contributed by atoms with van der Waals surface area (Å²) in [6.45, 7) is 3.83. The van der Waals surface area contributed by atoms with Crippen LogP contribution in [0, 0.1) is 0 Å². The van der Waals surface area contributed by atoms with E-state index in [-0.39, 0.29) is 12.5 Å². The van der Waals surface area contributed by atoms with Crippen LogP contribution in [-0.4, -0.2) is 23.2 Å². The molecular weight excluding hydrogens is 285 g/mol. The van der Waals surface area contributed by atoms with E-state index in [1.54, 1.807) is 19.1 Å². The van der Waals surface area contributed by atoms with E-state index in [9.17, 15) is 9.90 Å². The van der Waals surface area contributed by atoms with Crippen molar-refractivity contribution in [2.45, 2.75) is 38.7 Å². The van der Waals surface area contributed by atoms with Gasteiger partial charge in [-0.25, -0.2) is 0 Å². The van der Waals surface area contributed by atoms with E-state index in [1.807, 2.05) is 13.0 Å². The third-order valence-corrected chi connectivity index (χ3v) is 3.65. The Labute approximate surface area is 123 Å². The first kappa shape index (κ1) is 16.3. The number of halogens is 2. The third-order valence-electron chi connectivity index (χ3n) is 3.06. The lowest BCUT2D eigenvalue weighted by atomic mass is 10.0. The predicted molar refractivity (Wildman–Crippen MR) is 78.7 cm³/mol. The van der Waals surface area contributed by atoms with E-state index in [1.165, 1.54) is 0 Å². The number of aryl methyl sites for hydroxylation is 1. The van der Waals surface area contributed by atoms with Crippen LogP contribution < -0.4 is 5.32 Å². The lowest BCUT2D eigenvalue weighted by molar-refractivity contribution is -0.122. The van der Waals surface area contributed by atoms with Crippen LogP contribution in [0.1, 0.15) is 32.3 Å². The Morgan fingerprint density at radius 2 is 2.11 bits per heavy atom. The van der Waals surface area contributed by atoms with E-state index in [0.717, 1.165) is 5.56 Å². The van der Waals surface area contributed by atoms with Gasteiger partial charge in [0.05, 0.1) is 5.60 Å². The van der Waals surface area contributed by atoms with Crippen LogP contribution in [0.4, 0.5) is 0 Å². The van der Waals surface area contributed by atoms with Crippen LogP contribution in [0.25, 0.3) is 0 Å². The van der Waals surface area contributed by atoms with Crippen molar-refractivity contribution < 1.29 is 9.90 Å². The van der Waals surface area contributed by atoms with E-state index in [2.05, 4.69) is 5.32 Å². The summed E-state index contributed by atoms with van der Waals surface area (Å²) in [4.78, 5) is 11.7. The number of hydrogen-bond donors (Lipinski definition) is 2. The van der Waals surface area contributed by atoms with Crippen molar-refractivity contribution in [1.29, 1.82) is 0 Å². The van der Waals surface area contributed by atoms with E-state index >= 15 is 0 Å². The van der Waals surface area contributed by atoms with Gasteiger partial charge in [-0.1, -0.05) is 36.2 Å². The molecule has 0 aromatic heterocycles. The first-order chi connectivity index (χ1) is 8.84. The number of carbonyl (C=O) groups excluding carboxylic acids is 1. The Morgan fingerprint density at radius 1 is 1.42 bits per heavy atom. The molecule has 2 N–H and O–H groups in total. The fraction of sp³-hybridized carbons (Fsp3) is 0.500. The molecule has 1 aromatic rings. The normalized spacial score (nSPS) is 13.9. The second kappa shape index (κ2) is 7.13. The Balaban J connectivity index is 2.42. The van der Waals surface area contributed by atoms with Crippen molar-refractivity contribution in [2.75, 3.05) is 6.54 Å². The van der Waals surface area contributed by atoms with Gasteiger partial charge in [-0.2, -0.15) is 0 Å². The number of hydrogen-bond acceptors (Lipinski definition) is 2. The van der Waals surface area contributed by atoms with Crippen LogP contribution >= 0.6 is 23.2 Å². The maximum atomic E-state index is 11.7. The molecule has 19 heavy (non-hydrogen) atoms. The Morgan fingerprint density at radius 3 is 2.68 bits per heavy atom. The second-order valence-electron chi connectivity index (χ2n) is 4.86. The molecule has 1 rings (SSSR count). The Hall–Kier alpha value is -0.770. The summed E-state index contributed by atoms with van der Waals surface area (Å²) in [7, 11) is 0. The van der Waals surface area contributed by atoms with Crippen molar-refractivity contribution in [3.8, 4) is 0 Å². The maximum absolute atomic E-state index is 11.7. The molecule has 0 aliphatic heterocycles. The monoisotopic (exact) mass is 303 g/mol. The van der Waals surface area contributed by atoms with E-state index in [4.69, 9.17) is 23.2 Å². The minimum atomic E-state index is -0.854. The van der Waals surface area contributed by atoms with Gasteiger partial charge in [0.2, 0.25) is 5.91 Å². The molecular formula is C14H19Cl2NO2. The molecule has 0 aliphatic carbocycles. The van der Waals surface area contributed by atoms with Gasteiger partial charge in [0, 0.05) is 23.0 Å². The van der Waals surface area contributed by atoms with Gasteiger partial charge in [-0.05, 0) is 37.5 Å². The minimum absolute atomic E-state index is 0.0975. The summed E-state index contributed by atoms with van der Waals surface area (Å²) in [5.74, 6) is -0.0975. The van der Waals surface area contributed by atoms with Crippen molar-refractivity contribution in [3.63, 3.8) is 0 Å². The maximum Gasteiger partial charge on any atom is 0.220 e. The summed E-state index contributed by atoms with van der Waals surface area (Å²) < 4.78 is 0. The number of carbonyl (C=O) groups is 1. The highest BCUT2D eigenvalue weighted by molar-refractivity contribution is 6.35. The van der Waals surface area contributed by atoms with Crippen molar-refractivity contribution in [3.05, 3.63) is 33.8 Å². The summed E-state index contributed by atoms with van der Waals surface area (Å²) >= 11 is 11.8. The van der Waals surface area contributed by atoms with Crippen LogP contribution in [-0.2, 0) is 11.2 Å². The number of nitrogens with one attached hydrogen (secondary N) is 1. The largest absolute Gasteiger partial charge is 0.388 e. The number of aliphatic hydroxyl groups is 1. The second-order valence-corrected chi connectivity index (χ2v) is 5.71. The smallest absolute Gasteiger partial charge is 0.220 e. The summed E-state index contributed by atoms with van der Waals surface area (Å²) in [6, 6.07) is 5.24. The van der Waals surface area contributed by atoms with Gasteiger partial charge in [0.1, 0.15) is 0 Å². The topological polar surface area (TPSA) is 49.3 Å². The zero-order chi connectivity index (χ0) is 14.5. The van der Waals surface area contributed by atoms with Crippen molar-refractivity contribution in [2.24, 2.45) is 0 Å². The molecule has 5 heteroatoms. The molecule has 0 saturated heterocycles. The van der Waals surface area contributed by atoms with Gasteiger partial charge >= 0.3 is 0 Å². The highest BCUT2D eigenvalue weighted by atomic mass is 35.5. The molecule has 3 nitrogen and oxygen atoms in total. The quantitative estimate of drug-likeness (QED) is 0.848. The molecule has 0 heterocycles. The molecule has 0 bridgehead atoms. The average Bonchev–Trinajstić information content (AvgIpc) is 2.35. The molecule has 1 amide bonds. The zero-order valence-electron chi connectivity index (χ0n) is 11.2. The third kappa shape index (κ3) is 5.81. The Kier molecular flexibility index (Phi) is 6.11. The molecule has 0 spiro atoms. The van der Waals surface area contributed by atoms with Gasteiger partial charge in [-0.15, -0.1) is 0 Å². The standard InChI is InChI=1S/C14H19Cl2NO2/c1-3-14(2,19)9-17-13(18)7-5-10-4-6-11(15)8-12(10)16/h4,6,8,19H,3,5,7,9H2,1-2H3,(H,17,18). The molecule has 0 aliphatic rings. The van der Waals surface area contributed by atoms with Crippen molar-refractivity contribution in [1.82, 2.24) is 5.32 Å².